The lowest BCUT2D eigenvalue weighted by atomic mass is 9.73. The maximum atomic E-state index is 13.4. The number of anilines is 1. The number of hydrogen-bond acceptors (Lipinski definition) is 5. The van der Waals surface area contributed by atoms with Crippen molar-refractivity contribution in [1.29, 1.82) is 0 Å². The molecule has 148 valence electrons. The monoisotopic (exact) mass is 405 g/mol. The van der Waals surface area contributed by atoms with Crippen LogP contribution in [0.5, 0.6) is 0 Å². The van der Waals surface area contributed by atoms with E-state index in [2.05, 4.69) is 21.4 Å². The number of nitrogens with zero attached hydrogens (tertiary/aromatic N) is 2. The van der Waals surface area contributed by atoms with Crippen LogP contribution < -0.4 is 5.32 Å². The van der Waals surface area contributed by atoms with E-state index >= 15 is 0 Å². The molecule has 6 heteroatoms. The lowest BCUT2D eigenvalue weighted by Gasteiger charge is -2.36. The number of aryl methyl sites for hydroxylation is 1. The van der Waals surface area contributed by atoms with Crippen molar-refractivity contribution < 1.29 is 9.53 Å². The fourth-order valence-electron chi connectivity index (χ4n) is 3.65. The fraction of sp³-hybridized carbons (Fsp3) is 0.261. The van der Waals surface area contributed by atoms with Crippen molar-refractivity contribution in [2.45, 2.75) is 35.2 Å². The van der Waals surface area contributed by atoms with Crippen LogP contribution in [0.1, 0.15) is 24.0 Å². The smallest absolute Gasteiger partial charge is 0.235 e. The number of carbonyl (C=O) groups is 1. The van der Waals surface area contributed by atoms with Gasteiger partial charge in [-0.3, -0.25) is 4.79 Å². The normalized spacial score (nSPS) is 15.6. The van der Waals surface area contributed by atoms with Crippen molar-refractivity contribution in [3.05, 3.63) is 78.1 Å². The van der Waals surface area contributed by atoms with Gasteiger partial charge in [-0.2, -0.15) is 0 Å². The Morgan fingerprint density at radius 1 is 1.03 bits per heavy atom. The molecule has 1 aliphatic heterocycles. The second-order valence-electron chi connectivity index (χ2n) is 7.12. The number of rotatable bonds is 5. The van der Waals surface area contributed by atoms with Gasteiger partial charge in [0.1, 0.15) is 0 Å². The molecule has 3 aromatic rings. The average Bonchev–Trinajstić information content (AvgIpc) is 2.77. The molecule has 2 aromatic carbocycles. The number of nitrogens with one attached hydrogen (secondary N) is 1. The first kappa shape index (κ1) is 19.6. The summed E-state index contributed by atoms with van der Waals surface area (Å²) < 4.78 is 5.55. The Hall–Kier alpha value is -2.70. The Morgan fingerprint density at radius 2 is 1.76 bits per heavy atom. The number of hydrogen-bond donors (Lipinski definition) is 1. The second-order valence-corrected chi connectivity index (χ2v) is 8.17. The van der Waals surface area contributed by atoms with Crippen LogP contribution in [-0.2, 0) is 14.9 Å². The van der Waals surface area contributed by atoms with Gasteiger partial charge in [-0.05, 0) is 66.9 Å². The molecule has 1 fully saturated rings. The van der Waals surface area contributed by atoms with Crippen LogP contribution >= 0.6 is 11.8 Å². The van der Waals surface area contributed by atoms with Crippen LogP contribution in [0.3, 0.4) is 0 Å². The van der Waals surface area contributed by atoms with Crippen LogP contribution in [0.15, 0.2) is 77.0 Å². The molecule has 0 radical (unpaired) electrons. The number of amides is 1. The first-order chi connectivity index (χ1) is 14.2. The lowest BCUT2D eigenvalue weighted by molar-refractivity contribution is -0.125. The minimum atomic E-state index is -0.558. The summed E-state index contributed by atoms with van der Waals surface area (Å²) in [5, 5.41) is 3.88. The van der Waals surface area contributed by atoms with E-state index in [0.29, 0.717) is 31.2 Å². The Balaban J connectivity index is 1.55. The summed E-state index contributed by atoms with van der Waals surface area (Å²) >= 11 is 1.50. The van der Waals surface area contributed by atoms with Gasteiger partial charge in [-0.1, -0.05) is 30.3 Å². The topological polar surface area (TPSA) is 64.1 Å². The van der Waals surface area contributed by atoms with Crippen LogP contribution in [0.2, 0.25) is 0 Å². The van der Waals surface area contributed by atoms with Crippen molar-refractivity contribution >= 4 is 23.4 Å². The number of benzene rings is 2. The van der Waals surface area contributed by atoms with Crippen LogP contribution in [0.4, 0.5) is 5.69 Å². The molecule has 1 amide bonds. The molecule has 2 heterocycles. The van der Waals surface area contributed by atoms with E-state index in [1.807, 2.05) is 49.4 Å². The van der Waals surface area contributed by atoms with Gasteiger partial charge in [-0.25, -0.2) is 9.97 Å². The highest BCUT2D eigenvalue weighted by Crippen LogP contribution is 2.37. The Morgan fingerprint density at radius 3 is 2.45 bits per heavy atom. The number of ether oxygens (including phenoxy) is 1. The Labute approximate surface area is 174 Å². The largest absolute Gasteiger partial charge is 0.381 e. The van der Waals surface area contributed by atoms with Crippen molar-refractivity contribution in [3.63, 3.8) is 0 Å². The molecule has 4 rings (SSSR count). The summed E-state index contributed by atoms with van der Waals surface area (Å²) in [6.45, 7) is 3.19. The maximum absolute atomic E-state index is 13.4. The SMILES string of the molecule is Cc1cc(Sc2ncccn2)ccc1NC(=O)C1(c2ccccc2)CCOCC1. The molecule has 0 saturated carbocycles. The quantitative estimate of drug-likeness (QED) is 0.628. The zero-order chi connectivity index (χ0) is 20.1. The van der Waals surface area contributed by atoms with Crippen molar-refractivity contribution in [2.75, 3.05) is 18.5 Å². The highest BCUT2D eigenvalue weighted by Gasteiger charge is 2.41. The third-order valence-corrected chi connectivity index (χ3v) is 6.19. The standard InChI is InChI=1S/C23H23N3O2S/c1-17-16-19(29-22-24-12-5-13-25-22)8-9-20(17)26-21(27)23(10-14-28-15-11-23)18-6-3-2-4-7-18/h2-9,12-13,16H,10-11,14-15H2,1H3,(H,26,27). The summed E-state index contributed by atoms with van der Waals surface area (Å²) in [5.74, 6) is 0.0295. The third-order valence-electron chi connectivity index (χ3n) is 5.30. The fourth-order valence-corrected chi connectivity index (χ4v) is 4.46. The van der Waals surface area contributed by atoms with Crippen LogP contribution in [0.25, 0.3) is 0 Å². The molecule has 1 aliphatic rings. The van der Waals surface area contributed by atoms with Crippen molar-refractivity contribution in [2.24, 2.45) is 0 Å². The highest BCUT2D eigenvalue weighted by molar-refractivity contribution is 7.99. The lowest BCUT2D eigenvalue weighted by Crippen LogP contribution is -2.44. The Kier molecular flexibility index (Phi) is 5.92. The maximum Gasteiger partial charge on any atom is 0.235 e. The molecule has 5 nitrogen and oxygen atoms in total. The summed E-state index contributed by atoms with van der Waals surface area (Å²) in [4.78, 5) is 23.0. The third kappa shape index (κ3) is 4.33. The van der Waals surface area contributed by atoms with Gasteiger partial charge >= 0.3 is 0 Å². The molecule has 1 N–H and O–H groups in total. The first-order valence-electron chi connectivity index (χ1n) is 9.68. The van der Waals surface area contributed by atoms with Gasteiger partial charge in [0, 0.05) is 36.2 Å². The predicted octanol–water partition coefficient (Wildman–Crippen LogP) is 4.62. The minimum Gasteiger partial charge on any atom is -0.381 e. The van der Waals surface area contributed by atoms with Crippen molar-refractivity contribution in [3.8, 4) is 0 Å². The highest BCUT2D eigenvalue weighted by atomic mass is 32.2. The number of carbonyl (C=O) groups excluding carboxylic acids is 1. The van der Waals surface area contributed by atoms with Crippen molar-refractivity contribution in [1.82, 2.24) is 9.97 Å². The number of aromatic nitrogens is 2. The van der Waals surface area contributed by atoms with E-state index in [-0.39, 0.29) is 5.91 Å². The summed E-state index contributed by atoms with van der Waals surface area (Å²) in [6, 6.07) is 17.8. The van der Waals surface area contributed by atoms with Gasteiger partial charge in [0.25, 0.3) is 0 Å². The molecular formula is C23H23N3O2S. The van der Waals surface area contributed by atoms with E-state index < -0.39 is 5.41 Å². The summed E-state index contributed by atoms with van der Waals surface area (Å²) in [7, 11) is 0. The molecule has 0 aliphatic carbocycles. The van der Waals surface area contributed by atoms with Gasteiger partial charge in [0.05, 0.1) is 5.41 Å². The average molecular weight is 406 g/mol. The van der Waals surface area contributed by atoms with E-state index in [1.54, 1.807) is 18.5 Å². The molecule has 0 atom stereocenters. The van der Waals surface area contributed by atoms with Gasteiger partial charge < -0.3 is 10.1 Å². The second kappa shape index (κ2) is 8.76. The zero-order valence-corrected chi connectivity index (χ0v) is 17.1. The predicted molar refractivity (Wildman–Crippen MR) is 114 cm³/mol. The van der Waals surface area contributed by atoms with Gasteiger partial charge in [0.2, 0.25) is 5.91 Å². The molecule has 0 bridgehead atoms. The molecule has 0 unspecified atom stereocenters. The summed E-state index contributed by atoms with van der Waals surface area (Å²) in [5.41, 5.74) is 2.33. The van der Waals surface area contributed by atoms with Gasteiger partial charge in [-0.15, -0.1) is 0 Å². The molecular weight excluding hydrogens is 382 g/mol. The minimum absolute atomic E-state index is 0.0295. The van der Waals surface area contributed by atoms with E-state index in [9.17, 15) is 4.79 Å². The molecule has 0 spiro atoms. The molecule has 1 aromatic heterocycles. The van der Waals surface area contributed by atoms with Crippen LogP contribution in [-0.4, -0.2) is 29.1 Å². The van der Waals surface area contributed by atoms with Gasteiger partial charge in [0.15, 0.2) is 5.16 Å². The van der Waals surface area contributed by atoms with E-state index in [4.69, 9.17) is 4.74 Å². The first-order valence-corrected chi connectivity index (χ1v) is 10.5. The Bertz CT molecular complexity index is 974. The van der Waals surface area contributed by atoms with E-state index in [1.165, 1.54) is 11.8 Å². The molecule has 29 heavy (non-hydrogen) atoms. The van der Waals surface area contributed by atoms with E-state index in [0.717, 1.165) is 21.7 Å². The molecule has 1 saturated heterocycles. The zero-order valence-electron chi connectivity index (χ0n) is 16.3. The summed E-state index contributed by atoms with van der Waals surface area (Å²) in [6.07, 6.45) is 4.82. The van der Waals surface area contributed by atoms with Crippen LogP contribution in [0, 0.1) is 6.92 Å².